The number of hydrogen-bond donors (Lipinski definition) is 1. The van der Waals surface area contributed by atoms with Crippen LogP contribution in [-0.4, -0.2) is 18.4 Å². The lowest BCUT2D eigenvalue weighted by atomic mass is 9.87. The smallest absolute Gasteiger partial charge is 0.227 e. The summed E-state index contributed by atoms with van der Waals surface area (Å²) in [5.41, 5.74) is 3.42. The van der Waals surface area contributed by atoms with Crippen LogP contribution in [0.1, 0.15) is 36.4 Å². The number of benzene rings is 2. The molecule has 2 aromatic rings. The number of anilines is 1. The molecule has 1 aliphatic carbocycles. The maximum Gasteiger partial charge on any atom is 0.227 e. The first-order valence-electron chi connectivity index (χ1n) is 8.96. The fourth-order valence-corrected chi connectivity index (χ4v) is 3.93. The van der Waals surface area contributed by atoms with Gasteiger partial charge in [-0.25, -0.2) is 0 Å². The van der Waals surface area contributed by atoms with E-state index >= 15 is 0 Å². The number of carbonyl (C=O) groups excluding carboxylic acids is 2. The van der Waals surface area contributed by atoms with Crippen LogP contribution in [0.5, 0.6) is 0 Å². The zero-order valence-electron chi connectivity index (χ0n) is 14.2. The van der Waals surface area contributed by atoms with E-state index in [0.29, 0.717) is 6.54 Å². The van der Waals surface area contributed by atoms with Crippen LogP contribution in [0.3, 0.4) is 0 Å². The number of rotatable bonds is 3. The molecule has 4 rings (SSSR count). The Morgan fingerprint density at radius 3 is 2.64 bits per heavy atom. The molecule has 0 unspecified atom stereocenters. The van der Waals surface area contributed by atoms with Gasteiger partial charge in [-0.1, -0.05) is 42.5 Å². The third-order valence-corrected chi connectivity index (χ3v) is 5.25. The van der Waals surface area contributed by atoms with E-state index in [4.69, 9.17) is 0 Å². The minimum atomic E-state index is -0.276. The van der Waals surface area contributed by atoms with Gasteiger partial charge in [0.05, 0.1) is 12.0 Å². The standard InChI is InChI=1S/C21H22N2O2/c24-20-13-16(14-23(20)17-9-2-1-3-10-17)21(25)22-19-12-6-8-15-7-4-5-11-18(15)19/h1-5,7,9-11,16,19H,6,8,12-14H2,(H,22,25)/t16-,19+/m1/s1. The molecule has 0 bridgehead atoms. The molecule has 25 heavy (non-hydrogen) atoms. The van der Waals surface area contributed by atoms with E-state index in [1.807, 2.05) is 36.4 Å². The summed E-state index contributed by atoms with van der Waals surface area (Å²) in [5.74, 6) is -0.259. The van der Waals surface area contributed by atoms with Gasteiger partial charge in [-0.15, -0.1) is 0 Å². The Balaban J connectivity index is 1.45. The van der Waals surface area contributed by atoms with Crippen LogP contribution in [-0.2, 0) is 16.0 Å². The van der Waals surface area contributed by atoms with Gasteiger partial charge in [-0.2, -0.15) is 0 Å². The first-order chi connectivity index (χ1) is 12.2. The minimum Gasteiger partial charge on any atom is -0.349 e. The number of nitrogens with zero attached hydrogens (tertiary/aromatic N) is 1. The second kappa shape index (κ2) is 6.71. The molecule has 0 saturated carbocycles. The van der Waals surface area contributed by atoms with Gasteiger partial charge < -0.3 is 10.2 Å². The Labute approximate surface area is 147 Å². The summed E-state index contributed by atoms with van der Waals surface area (Å²) in [6.45, 7) is 0.461. The fraction of sp³-hybridized carbons (Fsp3) is 0.333. The number of fused-ring (bicyclic) bond motifs is 1. The summed E-state index contributed by atoms with van der Waals surface area (Å²) in [5, 5.41) is 3.19. The van der Waals surface area contributed by atoms with Crippen molar-refractivity contribution in [3.05, 3.63) is 65.7 Å². The zero-order chi connectivity index (χ0) is 17.2. The largest absolute Gasteiger partial charge is 0.349 e. The lowest BCUT2D eigenvalue weighted by molar-refractivity contribution is -0.127. The van der Waals surface area contributed by atoms with Crippen LogP contribution in [0.25, 0.3) is 0 Å². The zero-order valence-corrected chi connectivity index (χ0v) is 14.2. The first kappa shape index (κ1) is 15.9. The second-order valence-electron chi connectivity index (χ2n) is 6.89. The van der Waals surface area contributed by atoms with Crippen molar-refractivity contribution < 1.29 is 9.59 Å². The van der Waals surface area contributed by atoms with Crippen molar-refractivity contribution >= 4 is 17.5 Å². The Morgan fingerprint density at radius 1 is 1.04 bits per heavy atom. The normalized spacial score (nSPS) is 22.6. The fourth-order valence-electron chi connectivity index (χ4n) is 3.93. The van der Waals surface area contributed by atoms with Gasteiger partial charge in [0.1, 0.15) is 0 Å². The maximum absolute atomic E-state index is 12.8. The van der Waals surface area contributed by atoms with Crippen molar-refractivity contribution in [1.82, 2.24) is 5.32 Å². The molecular weight excluding hydrogens is 312 g/mol. The molecule has 4 heteroatoms. The average Bonchev–Trinajstić information content (AvgIpc) is 3.05. The summed E-state index contributed by atoms with van der Waals surface area (Å²) in [6.07, 6.45) is 3.41. The summed E-state index contributed by atoms with van der Waals surface area (Å²) in [7, 11) is 0. The van der Waals surface area contributed by atoms with Crippen molar-refractivity contribution in [2.24, 2.45) is 5.92 Å². The molecule has 4 nitrogen and oxygen atoms in total. The molecule has 2 amide bonds. The summed E-state index contributed by atoms with van der Waals surface area (Å²) in [6, 6.07) is 18.0. The van der Waals surface area contributed by atoms with Crippen LogP contribution in [0.15, 0.2) is 54.6 Å². The van der Waals surface area contributed by atoms with Gasteiger partial charge in [-0.3, -0.25) is 9.59 Å². The van der Waals surface area contributed by atoms with Crippen LogP contribution in [0.4, 0.5) is 5.69 Å². The molecule has 0 radical (unpaired) electrons. The molecule has 1 aliphatic heterocycles. The van der Waals surface area contributed by atoms with Crippen molar-refractivity contribution in [2.45, 2.75) is 31.7 Å². The number of carbonyl (C=O) groups is 2. The third kappa shape index (κ3) is 3.16. The third-order valence-electron chi connectivity index (χ3n) is 5.25. The topological polar surface area (TPSA) is 49.4 Å². The Hall–Kier alpha value is -2.62. The van der Waals surface area contributed by atoms with Gasteiger partial charge >= 0.3 is 0 Å². The van der Waals surface area contributed by atoms with E-state index < -0.39 is 0 Å². The Kier molecular flexibility index (Phi) is 4.26. The molecule has 1 fully saturated rings. The van der Waals surface area contributed by atoms with Crippen LogP contribution in [0, 0.1) is 5.92 Å². The number of nitrogens with one attached hydrogen (secondary N) is 1. The lowest BCUT2D eigenvalue weighted by Gasteiger charge is -2.27. The van der Waals surface area contributed by atoms with Crippen molar-refractivity contribution in [1.29, 1.82) is 0 Å². The lowest BCUT2D eigenvalue weighted by Crippen LogP contribution is -2.36. The summed E-state index contributed by atoms with van der Waals surface area (Å²) >= 11 is 0. The van der Waals surface area contributed by atoms with E-state index in [-0.39, 0.29) is 30.2 Å². The van der Waals surface area contributed by atoms with Crippen LogP contribution in [0.2, 0.25) is 0 Å². The predicted molar refractivity (Wildman–Crippen MR) is 97.2 cm³/mol. The molecule has 2 aromatic carbocycles. The number of para-hydroxylation sites is 1. The molecule has 128 valence electrons. The van der Waals surface area contributed by atoms with Gasteiger partial charge in [0.2, 0.25) is 11.8 Å². The molecule has 2 atom stereocenters. The maximum atomic E-state index is 12.8. The molecule has 0 spiro atoms. The van der Waals surface area contributed by atoms with Gasteiger partial charge in [0.25, 0.3) is 0 Å². The predicted octanol–water partition coefficient (Wildman–Crippen LogP) is 3.23. The molecule has 1 saturated heterocycles. The number of aryl methyl sites for hydroxylation is 1. The SMILES string of the molecule is O=C(N[C@H]1CCCc2ccccc21)[C@@H]1CC(=O)N(c2ccccc2)C1. The van der Waals surface area contributed by atoms with E-state index in [1.165, 1.54) is 11.1 Å². The van der Waals surface area contributed by atoms with E-state index in [2.05, 4.69) is 23.5 Å². The highest BCUT2D eigenvalue weighted by Gasteiger charge is 2.36. The molecule has 2 aliphatic rings. The van der Waals surface area contributed by atoms with Crippen molar-refractivity contribution in [3.8, 4) is 0 Å². The van der Waals surface area contributed by atoms with E-state index in [9.17, 15) is 9.59 Å². The molecular formula is C21H22N2O2. The highest BCUT2D eigenvalue weighted by molar-refractivity contribution is 6.00. The number of amides is 2. The van der Waals surface area contributed by atoms with E-state index in [0.717, 1.165) is 24.9 Å². The highest BCUT2D eigenvalue weighted by atomic mass is 16.2. The van der Waals surface area contributed by atoms with Crippen LogP contribution < -0.4 is 10.2 Å². The summed E-state index contributed by atoms with van der Waals surface area (Å²) < 4.78 is 0. The Morgan fingerprint density at radius 2 is 1.80 bits per heavy atom. The first-order valence-corrected chi connectivity index (χ1v) is 8.96. The van der Waals surface area contributed by atoms with Crippen molar-refractivity contribution in [2.75, 3.05) is 11.4 Å². The van der Waals surface area contributed by atoms with Crippen LogP contribution >= 0.6 is 0 Å². The van der Waals surface area contributed by atoms with Gasteiger partial charge in [0, 0.05) is 18.7 Å². The Bertz CT molecular complexity index is 787. The van der Waals surface area contributed by atoms with Crippen molar-refractivity contribution in [3.63, 3.8) is 0 Å². The average molecular weight is 334 g/mol. The summed E-state index contributed by atoms with van der Waals surface area (Å²) in [4.78, 5) is 26.8. The van der Waals surface area contributed by atoms with Gasteiger partial charge in [0.15, 0.2) is 0 Å². The monoisotopic (exact) mass is 334 g/mol. The number of hydrogen-bond acceptors (Lipinski definition) is 2. The minimum absolute atomic E-state index is 0.00603. The molecule has 0 aromatic heterocycles. The molecule has 1 N–H and O–H groups in total. The van der Waals surface area contributed by atoms with E-state index in [1.54, 1.807) is 4.90 Å². The molecule has 1 heterocycles. The van der Waals surface area contributed by atoms with Gasteiger partial charge in [-0.05, 0) is 42.5 Å². The quantitative estimate of drug-likeness (QED) is 0.937. The second-order valence-corrected chi connectivity index (χ2v) is 6.89. The highest BCUT2D eigenvalue weighted by Crippen LogP contribution is 2.31.